The van der Waals surface area contributed by atoms with Crippen molar-refractivity contribution in [2.45, 2.75) is 0 Å². The van der Waals surface area contributed by atoms with E-state index in [4.69, 9.17) is 10.2 Å². The van der Waals surface area contributed by atoms with Gasteiger partial charge in [0.25, 0.3) is 0 Å². The van der Waals surface area contributed by atoms with Gasteiger partial charge in [-0.25, -0.2) is 0 Å². The molecule has 2 N–H and O–H groups in total. The van der Waals surface area contributed by atoms with Gasteiger partial charge in [0.2, 0.25) is 0 Å². The molecule has 0 fully saturated rings. The van der Waals surface area contributed by atoms with Crippen molar-refractivity contribution in [2.24, 2.45) is 0 Å². The van der Waals surface area contributed by atoms with E-state index >= 15 is 0 Å². The van der Waals surface area contributed by atoms with Crippen molar-refractivity contribution >= 4 is 37.7 Å². The summed E-state index contributed by atoms with van der Waals surface area (Å²) in [4.78, 5) is 0. The van der Waals surface area contributed by atoms with Gasteiger partial charge in [0.15, 0.2) is 0 Å². The van der Waals surface area contributed by atoms with Crippen LogP contribution in [0.25, 0.3) is 0 Å². The largest absolute Gasteiger partial charge is 0.400 e. The van der Waals surface area contributed by atoms with E-state index in [0.29, 0.717) is 0 Å². The van der Waals surface area contributed by atoms with Gasteiger partial charge in [-0.1, -0.05) is 0 Å². The standard InChI is InChI=1S/2CH4O.Ca/c2*1-2;/h2*2H,1H3;. The van der Waals surface area contributed by atoms with Crippen LogP contribution in [0.4, 0.5) is 0 Å². The summed E-state index contributed by atoms with van der Waals surface area (Å²) in [6.45, 7) is 0. The SMILES string of the molecule is CO.CO.[Ca]. The van der Waals surface area contributed by atoms with Gasteiger partial charge in [-0.15, -0.1) is 0 Å². The zero-order valence-electron chi connectivity index (χ0n) is 3.60. The maximum absolute atomic E-state index is 7.00. The summed E-state index contributed by atoms with van der Waals surface area (Å²) in [5.41, 5.74) is 0. The van der Waals surface area contributed by atoms with Crippen molar-refractivity contribution in [1.29, 1.82) is 0 Å². The molecular formula is C2H8CaO2. The molecule has 0 spiro atoms. The molecule has 5 heavy (non-hydrogen) atoms. The number of rotatable bonds is 0. The molecule has 0 bridgehead atoms. The van der Waals surface area contributed by atoms with Crippen molar-refractivity contribution in [3.8, 4) is 0 Å². The van der Waals surface area contributed by atoms with Gasteiger partial charge in [0.05, 0.1) is 0 Å². The molecule has 0 aromatic rings. The molecule has 0 heterocycles. The Morgan fingerprint density at radius 2 is 0.800 bits per heavy atom. The Bertz CT molecular complexity index is 7.61. The first-order valence-corrected chi connectivity index (χ1v) is 0.894. The van der Waals surface area contributed by atoms with Crippen molar-refractivity contribution in [3.05, 3.63) is 0 Å². The zero-order chi connectivity index (χ0) is 4.00. The average molecular weight is 104 g/mol. The quantitative estimate of drug-likeness (QED) is 0.380. The van der Waals surface area contributed by atoms with Crippen LogP contribution in [0.3, 0.4) is 0 Å². The van der Waals surface area contributed by atoms with Crippen LogP contribution in [0.1, 0.15) is 0 Å². The van der Waals surface area contributed by atoms with E-state index in [-0.39, 0.29) is 37.7 Å². The fraction of sp³-hybridized carbons (Fsp3) is 1.00. The fourth-order valence-corrected chi connectivity index (χ4v) is 0. The third kappa shape index (κ3) is 37.6. The summed E-state index contributed by atoms with van der Waals surface area (Å²) >= 11 is 0. The van der Waals surface area contributed by atoms with Crippen LogP contribution >= 0.6 is 0 Å². The van der Waals surface area contributed by atoms with Crippen LogP contribution in [0.2, 0.25) is 0 Å². The second-order valence-corrected chi connectivity index (χ2v) is 0. The molecule has 2 radical (unpaired) electrons. The third-order valence-corrected chi connectivity index (χ3v) is 0. The smallest absolute Gasteiger partial charge is 0.0319 e. The molecule has 0 aliphatic heterocycles. The molecule has 0 aliphatic carbocycles. The first kappa shape index (κ1) is 16.4. The minimum absolute atomic E-state index is 0. The maximum Gasteiger partial charge on any atom is 0.0319 e. The summed E-state index contributed by atoms with van der Waals surface area (Å²) in [6, 6.07) is 0. The van der Waals surface area contributed by atoms with Crippen LogP contribution in [0.15, 0.2) is 0 Å². The number of hydrogen-bond donors (Lipinski definition) is 2. The monoisotopic (exact) mass is 104 g/mol. The molecule has 2 nitrogen and oxygen atoms in total. The Morgan fingerprint density at radius 1 is 0.800 bits per heavy atom. The molecule has 0 unspecified atom stereocenters. The Balaban J connectivity index is -0.0000000133. The second-order valence-electron chi connectivity index (χ2n) is 0. The van der Waals surface area contributed by atoms with E-state index in [1.165, 1.54) is 0 Å². The Hall–Kier alpha value is 1.18. The second kappa shape index (κ2) is 65.0. The summed E-state index contributed by atoms with van der Waals surface area (Å²) in [6.07, 6.45) is 0. The van der Waals surface area contributed by atoms with Gasteiger partial charge in [-0.05, 0) is 0 Å². The Kier molecular flexibility index (Phi) is 213. The van der Waals surface area contributed by atoms with Crippen molar-refractivity contribution in [3.63, 3.8) is 0 Å². The molecular weight excluding hydrogens is 96.1 g/mol. The zero-order valence-corrected chi connectivity index (χ0v) is 5.81. The van der Waals surface area contributed by atoms with Gasteiger partial charge >= 0.3 is 0 Å². The molecule has 0 saturated carbocycles. The summed E-state index contributed by atoms with van der Waals surface area (Å²) in [5, 5.41) is 14.0. The molecule has 3 heteroatoms. The molecule has 0 aliphatic rings. The molecule has 30 valence electrons. The fourth-order valence-electron chi connectivity index (χ4n) is 0. The molecule has 0 saturated heterocycles. The van der Waals surface area contributed by atoms with E-state index in [9.17, 15) is 0 Å². The summed E-state index contributed by atoms with van der Waals surface area (Å²) < 4.78 is 0. The van der Waals surface area contributed by atoms with Crippen LogP contribution in [0.5, 0.6) is 0 Å². The summed E-state index contributed by atoms with van der Waals surface area (Å²) in [5.74, 6) is 0. The first-order chi connectivity index (χ1) is 2.00. The molecule has 0 atom stereocenters. The van der Waals surface area contributed by atoms with Crippen LogP contribution in [-0.4, -0.2) is 62.2 Å². The van der Waals surface area contributed by atoms with Crippen LogP contribution in [-0.2, 0) is 0 Å². The Labute approximate surface area is 61.8 Å². The van der Waals surface area contributed by atoms with Crippen LogP contribution in [0, 0.1) is 0 Å². The molecule has 0 aromatic heterocycles. The van der Waals surface area contributed by atoms with E-state index < -0.39 is 0 Å². The Morgan fingerprint density at radius 3 is 0.800 bits per heavy atom. The third-order valence-electron chi connectivity index (χ3n) is 0. The maximum atomic E-state index is 7.00. The number of hydrogen-bond acceptors (Lipinski definition) is 2. The van der Waals surface area contributed by atoms with Gasteiger partial charge in [0.1, 0.15) is 0 Å². The van der Waals surface area contributed by atoms with E-state index in [1.807, 2.05) is 0 Å². The van der Waals surface area contributed by atoms with E-state index in [1.54, 1.807) is 0 Å². The topological polar surface area (TPSA) is 40.5 Å². The van der Waals surface area contributed by atoms with Crippen LogP contribution < -0.4 is 0 Å². The minimum Gasteiger partial charge on any atom is -0.400 e. The predicted molar refractivity (Wildman–Crippen MR) is 22.0 cm³/mol. The number of aliphatic hydroxyl groups excluding tert-OH is 2. The van der Waals surface area contributed by atoms with E-state index in [0.717, 1.165) is 14.2 Å². The van der Waals surface area contributed by atoms with Gasteiger partial charge < -0.3 is 10.2 Å². The van der Waals surface area contributed by atoms with Gasteiger partial charge in [-0.2, -0.15) is 0 Å². The predicted octanol–water partition coefficient (Wildman–Crippen LogP) is -1.16. The first-order valence-electron chi connectivity index (χ1n) is 0.894. The molecule has 0 aromatic carbocycles. The average Bonchev–Trinajstić information content (AvgIpc) is 1.50. The number of aliphatic hydroxyl groups is 2. The summed E-state index contributed by atoms with van der Waals surface area (Å²) in [7, 11) is 2.00. The van der Waals surface area contributed by atoms with Crippen molar-refractivity contribution in [2.75, 3.05) is 14.2 Å². The molecule has 0 rings (SSSR count). The van der Waals surface area contributed by atoms with Crippen molar-refractivity contribution < 1.29 is 10.2 Å². The molecule has 0 amide bonds. The van der Waals surface area contributed by atoms with Crippen molar-refractivity contribution in [1.82, 2.24) is 0 Å². The minimum atomic E-state index is 0. The van der Waals surface area contributed by atoms with Gasteiger partial charge in [0, 0.05) is 52.0 Å². The van der Waals surface area contributed by atoms with E-state index in [2.05, 4.69) is 0 Å². The van der Waals surface area contributed by atoms with Gasteiger partial charge in [-0.3, -0.25) is 0 Å². The normalized spacial score (nSPS) is 2.40.